The summed E-state index contributed by atoms with van der Waals surface area (Å²) in [6.45, 7) is 0.947. The highest BCUT2D eigenvalue weighted by Crippen LogP contribution is 2.38. The smallest absolute Gasteiger partial charge is 0.286 e. The van der Waals surface area contributed by atoms with Crippen molar-refractivity contribution in [2.24, 2.45) is 5.92 Å². The first-order valence-corrected chi connectivity index (χ1v) is 10.9. The van der Waals surface area contributed by atoms with E-state index in [1.54, 1.807) is 18.2 Å². The van der Waals surface area contributed by atoms with Crippen molar-refractivity contribution in [2.75, 3.05) is 18.7 Å². The monoisotopic (exact) mass is 414 g/mol. The van der Waals surface area contributed by atoms with Gasteiger partial charge in [-0.3, -0.25) is 9.59 Å². The van der Waals surface area contributed by atoms with Gasteiger partial charge < -0.3 is 19.7 Å². The van der Waals surface area contributed by atoms with Crippen molar-refractivity contribution in [3.63, 3.8) is 0 Å². The Morgan fingerprint density at radius 2 is 1.90 bits per heavy atom. The summed E-state index contributed by atoms with van der Waals surface area (Å²) in [5, 5.41) is 12.2. The zero-order valence-corrected chi connectivity index (χ0v) is 16.7. The van der Waals surface area contributed by atoms with Crippen LogP contribution in [0.15, 0.2) is 18.2 Å². The van der Waals surface area contributed by atoms with E-state index in [9.17, 15) is 9.59 Å². The Morgan fingerprint density at radius 1 is 1.07 bits per heavy atom. The molecule has 8 nitrogen and oxygen atoms in total. The minimum Gasteiger partial charge on any atom is -0.454 e. The number of likely N-dealkylation sites (tertiary alicyclic amines) is 1. The summed E-state index contributed by atoms with van der Waals surface area (Å²) in [5.74, 6) is 1.34. The third-order valence-electron chi connectivity index (χ3n) is 5.79. The van der Waals surface area contributed by atoms with Crippen molar-refractivity contribution < 1.29 is 19.1 Å². The number of carbonyl (C=O) groups excluding carboxylic acids is 2. The summed E-state index contributed by atoms with van der Waals surface area (Å²) in [6, 6.07) is 5.18. The predicted octanol–water partition coefficient (Wildman–Crippen LogP) is 3.37. The van der Waals surface area contributed by atoms with Gasteiger partial charge in [-0.05, 0) is 37.8 Å². The lowest BCUT2D eigenvalue weighted by Gasteiger charge is -2.25. The second-order valence-electron chi connectivity index (χ2n) is 7.64. The molecule has 0 radical (unpaired) electrons. The van der Waals surface area contributed by atoms with Gasteiger partial charge in [0, 0.05) is 24.2 Å². The second kappa shape index (κ2) is 7.62. The molecular formula is C20H22N4O4S. The van der Waals surface area contributed by atoms with Crippen LogP contribution < -0.4 is 14.8 Å². The molecule has 2 fully saturated rings. The minimum absolute atomic E-state index is 0.0623. The molecule has 3 heterocycles. The van der Waals surface area contributed by atoms with E-state index in [4.69, 9.17) is 9.47 Å². The van der Waals surface area contributed by atoms with Crippen LogP contribution in [0, 0.1) is 5.92 Å². The lowest BCUT2D eigenvalue weighted by molar-refractivity contribution is -0.136. The Kier molecular flexibility index (Phi) is 4.83. The quantitative estimate of drug-likeness (QED) is 0.824. The number of anilines is 1. The summed E-state index contributed by atoms with van der Waals surface area (Å²) in [7, 11) is 0. The normalized spacial score (nSPS) is 21.0. The fourth-order valence-electron chi connectivity index (χ4n) is 4.31. The predicted molar refractivity (Wildman–Crippen MR) is 106 cm³/mol. The molecule has 9 heteroatoms. The van der Waals surface area contributed by atoms with Gasteiger partial charge in [0.05, 0.1) is 6.04 Å². The molecule has 1 saturated carbocycles. The molecular weight excluding hydrogens is 392 g/mol. The number of carbonyl (C=O) groups is 2. The van der Waals surface area contributed by atoms with Crippen molar-refractivity contribution in [3.8, 4) is 11.5 Å². The first kappa shape index (κ1) is 18.4. The molecule has 152 valence electrons. The van der Waals surface area contributed by atoms with E-state index in [0.29, 0.717) is 17.2 Å². The van der Waals surface area contributed by atoms with Gasteiger partial charge in [0.15, 0.2) is 11.5 Å². The molecule has 1 atom stereocenters. The fraction of sp³-hybridized carbons (Fsp3) is 0.500. The van der Waals surface area contributed by atoms with Crippen LogP contribution in [-0.2, 0) is 4.79 Å². The Hall–Kier alpha value is -2.68. The summed E-state index contributed by atoms with van der Waals surface area (Å²) in [4.78, 5) is 27.5. The van der Waals surface area contributed by atoms with Crippen LogP contribution in [0.2, 0.25) is 0 Å². The first-order valence-electron chi connectivity index (χ1n) is 10.0. The maximum Gasteiger partial charge on any atom is 0.286 e. The Balaban J connectivity index is 1.28. The zero-order chi connectivity index (χ0) is 19.8. The largest absolute Gasteiger partial charge is 0.454 e. The number of hydrogen-bond acceptors (Lipinski definition) is 7. The lowest BCUT2D eigenvalue weighted by Crippen LogP contribution is -2.34. The molecule has 0 unspecified atom stereocenters. The second-order valence-corrected chi connectivity index (χ2v) is 8.65. The van der Waals surface area contributed by atoms with E-state index in [1.807, 2.05) is 4.90 Å². The third-order valence-corrected chi connectivity index (χ3v) is 6.81. The SMILES string of the molecule is O=C(Nc1ccc2c(c1)OCO2)c1nnc([C@H]2CCCN2C(=O)C2CCCC2)s1. The molecule has 2 aromatic rings. The highest BCUT2D eigenvalue weighted by atomic mass is 32.1. The highest BCUT2D eigenvalue weighted by molar-refractivity contribution is 7.13. The maximum absolute atomic E-state index is 12.9. The van der Waals surface area contributed by atoms with Crippen molar-refractivity contribution in [1.82, 2.24) is 15.1 Å². The van der Waals surface area contributed by atoms with E-state index in [-0.39, 0.29) is 35.6 Å². The van der Waals surface area contributed by atoms with E-state index in [1.165, 1.54) is 11.3 Å². The molecule has 2 aliphatic heterocycles. The van der Waals surface area contributed by atoms with Gasteiger partial charge in [-0.2, -0.15) is 0 Å². The summed E-state index contributed by atoms with van der Waals surface area (Å²) < 4.78 is 10.6. The zero-order valence-electron chi connectivity index (χ0n) is 15.9. The molecule has 0 spiro atoms. The number of hydrogen-bond donors (Lipinski definition) is 1. The van der Waals surface area contributed by atoms with Crippen molar-refractivity contribution in [1.29, 1.82) is 0 Å². The van der Waals surface area contributed by atoms with Gasteiger partial charge in [-0.1, -0.05) is 24.2 Å². The van der Waals surface area contributed by atoms with Crippen LogP contribution in [0.25, 0.3) is 0 Å². The van der Waals surface area contributed by atoms with Gasteiger partial charge in [0.25, 0.3) is 5.91 Å². The van der Waals surface area contributed by atoms with Crippen LogP contribution in [0.3, 0.4) is 0 Å². The Morgan fingerprint density at radius 3 is 2.76 bits per heavy atom. The van der Waals surface area contributed by atoms with Gasteiger partial charge in [0.2, 0.25) is 17.7 Å². The van der Waals surface area contributed by atoms with Crippen LogP contribution >= 0.6 is 11.3 Å². The Labute approximate surface area is 172 Å². The number of benzene rings is 1. The molecule has 29 heavy (non-hydrogen) atoms. The molecule has 5 rings (SSSR count). The van der Waals surface area contributed by atoms with Crippen molar-refractivity contribution in [2.45, 2.75) is 44.6 Å². The summed E-state index contributed by atoms with van der Waals surface area (Å²) in [6.07, 6.45) is 6.08. The van der Waals surface area contributed by atoms with E-state index < -0.39 is 0 Å². The number of ether oxygens (including phenoxy) is 2. The molecule has 1 saturated heterocycles. The van der Waals surface area contributed by atoms with Crippen LogP contribution in [0.5, 0.6) is 11.5 Å². The van der Waals surface area contributed by atoms with Gasteiger partial charge in [-0.25, -0.2) is 0 Å². The highest BCUT2D eigenvalue weighted by Gasteiger charge is 2.37. The van der Waals surface area contributed by atoms with E-state index >= 15 is 0 Å². The number of nitrogens with zero attached hydrogens (tertiary/aromatic N) is 3. The molecule has 0 bridgehead atoms. The number of fused-ring (bicyclic) bond motifs is 1. The third kappa shape index (κ3) is 3.55. The summed E-state index contributed by atoms with van der Waals surface area (Å²) in [5.41, 5.74) is 0.606. The van der Waals surface area contributed by atoms with Crippen molar-refractivity contribution in [3.05, 3.63) is 28.2 Å². The average molecular weight is 414 g/mol. The average Bonchev–Trinajstić information content (AvgIpc) is 3.53. The first-order chi connectivity index (χ1) is 14.2. The van der Waals surface area contributed by atoms with Gasteiger partial charge in [0.1, 0.15) is 5.01 Å². The van der Waals surface area contributed by atoms with Crippen molar-refractivity contribution >= 4 is 28.8 Å². The van der Waals surface area contributed by atoms with Crippen LogP contribution in [0.4, 0.5) is 5.69 Å². The molecule has 3 aliphatic rings. The van der Waals surface area contributed by atoms with E-state index in [0.717, 1.165) is 50.1 Å². The van der Waals surface area contributed by atoms with Crippen LogP contribution in [-0.4, -0.2) is 40.2 Å². The number of nitrogens with one attached hydrogen (secondary N) is 1. The topological polar surface area (TPSA) is 93.7 Å². The maximum atomic E-state index is 12.9. The number of aromatic nitrogens is 2. The molecule has 1 N–H and O–H groups in total. The minimum atomic E-state index is -0.320. The standard InChI is InChI=1S/C20H22N4O4S/c25-17(21-13-7-8-15-16(10-13)28-11-27-15)19-23-22-18(29-19)14-6-3-9-24(14)20(26)12-4-1-2-5-12/h7-8,10,12,14H,1-6,9,11H2,(H,21,25)/t14-/m1/s1. The van der Waals surface area contributed by atoms with Gasteiger partial charge >= 0.3 is 0 Å². The lowest BCUT2D eigenvalue weighted by atomic mass is 10.1. The number of rotatable bonds is 4. The summed E-state index contributed by atoms with van der Waals surface area (Å²) >= 11 is 1.26. The van der Waals surface area contributed by atoms with E-state index in [2.05, 4.69) is 15.5 Å². The fourth-order valence-corrected chi connectivity index (χ4v) is 5.20. The Bertz CT molecular complexity index is 940. The molecule has 1 aromatic heterocycles. The molecule has 2 amide bonds. The molecule has 1 aromatic carbocycles. The molecule has 1 aliphatic carbocycles. The van der Waals surface area contributed by atoms with Gasteiger partial charge in [-0.15, -0.1) is 10.2 Å². The number of amides is 2. The van der Waals surface area contributed by atoms with Crippen LogP contribution in [0.1, 0.15) is 59.4 Å².